The summed E-state index contributed by atoms with van der Waals surface area (Å²) in [6.07, 6.45) is 1.70. The van der Waals surface area contributed by atoms with Gasteiger partial charge in [0.05, 0.1) is 30.2 Å². The number of fused-ring (bicyclic) bond motifs is 2. The average Bonchev–Trinajstić information content (AvgIpc) is 3.37. The summed E-state index contributed by atoms with van der Waals surface area (Å²) in [7, 11) is 1.57. The van der Waals surface area contributed by atoms with E-state index in [4.69, 9.17) is 13.9 Å². The van der Waals surface area contributed by atoms with E-state index in [1.165, 1.54) is 12.1 Å². The van der Waals surface area contributed by atoms with Crippen LogP contribution in [0.15, 0.2) is 51.7 Å². The van der Waals surface area contributed by atoms with Crippen molar-refractivity contribution in [3.63, 3.8) is 0 Å². The van der Waals surface area contributed by atoms with Crippen LogP contribution >= 0.6 is 0 Å². The monoisotopic (exact) mass is 409 g/mol. The van der Waals surface area contributed by atoms with E-state index in [2.05, 4.69) is 0 Å². The fourth-order valence-corrected chi connectivity index (χ4v) is 4.32. The predicted octanol–water partition coefficient (Wildman–Crippen LogP) is 3.66. The highest BCUT2D eigenvalue weighted by molar-refractivity contribution is 5.99. The number of halogens is 1. The van der Waals surface area contributed by atoms with Gasteiger partial charge in [0.15, 0.2) is 5.43 Å². The molecule has 0 unspecified atom stereocenters. The van der Waals surface area contributed by atoms with E-state index in [-0.39, 0.29) is 34.3 Å². The Labute approximate surface area is 171 Å². The summed E-state index contributed by atoms with van der Waals surface area (Å²) >= 11 is 0. The topological polar surface area (TPSA) is 69.0 Å². The van der Waals surface area contributed by atoms with Crippen LogP contribution in [-0.4, -0.2) is 37.2 Å². The van der Waals surface area contributed by atoms with Crippen molar-refractivity contribution in [3.05, 3.63) is 75.4 Å². The number of carbonyl (C=O) groups excluding carboxylic acids is 1. The first-order valence-electron chi connectivity index (χ1n) is 9.89. The Balaban J connectivity index is 1.69. The van der Waals surface area contributed by atoms with Gasteiger partial charge in [-0.3, -0.25) is 9.59 Å². The molecule has 2 aromatic carbocycles. The second-order valence-electron chi connectivity index (χ2n) is 7.58. The molecule has 0 bridgehead atoms. The Morgan fingerprint density at radius 3 is 2.67 bits per heavy atom. The fourth-order valence-electron chi connectivity index (χ4n) is 4.32. The Morgan fingerprint density at radius 2 is 1.97 bits per heavy atom. The highest BCUT2D eigenvalue weighted by Gasteiger charge is 2.43. The molecule has 0 aliphatic carbocycles. The van der Waals surface area contributed by atoms with Crippen LogP contribution in [0.2, 0.25) is 0 Å². The minimum Gasteiger partial charge on any atom is -0.497 e. The summed E-state index contributed by atoms with van der Waals surface area (Å²) in [5, 5.41) is 0.124. The molecule has 0 N–H and O–H groups in total. The molecule has 1 saturated heterocycles. The first kappa shape index (κ1) is 18.8. The molecule has 2 aliphatic rings. The van der Waals surface area contributed by atoms with E-state index in [1.807, 2.05) is 12.1 Å². The minimum absolute atomic E-state index is 0.0120. The number of carbonyl (C=O) groups is 1. The molecule has 1 amide bonds. The van der Waals surface area contributed by atoms with Gasteiger partial charge < -0.3 is 18.8 Å². The lowest BCUT2D eigenvalue weighted by Gasteiger charge is -2.27. The summed E-state index contributed by atoms with van der Waals surface area (Å²) in [6.45, 7) is 1.01. The molecule has 154 valence electrons. The first-order chi connectivity index (χ1) is 14.6. The zero-order valence-corrected chi connectivity index (χ0v) is 16.4. The van der Waals surface area contributed by atoms with Crippen molar-refractivity contribution in [3.8, 4) is 5.75 Å². The highest BCUT2D eigenvalue weighted by Crippen LogP contribution is 2.39. The molecule has 7 heteroatoms. The van der Waals surface area contributed by atoms with Crippen LogP contribution < -0.4 is 10.2 Å². The number of hydrogen-bond acceptors (Lipinski definition) is 5. The molecule has 6 nitrogen and oxygen atoms in total. The normalized spacial score (nSPS) is 20.7. The van der Waals surface area contributed by atoms with Gasteiger partial charge in [-0.2, -0.15) is 0 Å². The second-order valence-corrected chi connectivity index (χ2v) is 7.58. The minimum atomic E-state index is -0.633. The number of benzene rings is 2. The summed E-state index contributed by atoms with van der Waals surface area (Å²) in [4.78, 5) is 28.3. The fraction of sp³-hybridized carbons (Fsp3) is 0.304. The molecule has 2 aliphatic heterocycles. The lowest BCUT2D eigenvalue weighted by molar-refractivity contribution is 0.0486. The number of hydrogen-bond donors (Lipinski definition) is 0. The van der Waals surface area contributed by atoms with Crippen LogP contribution in [-0.2, 0) is 4.74 Å². The zero-order chi connectivity index (χ0) is 20.8. The number of rotatable bonds is 4. The van der Waals surface area contributed by atoms with Gasteiger partial charge in [0, 0.05) is 13.2 Å². The molecule has 1 aromatic heterocycles. The van der Waals surface area contributed by atoms with Gasteiger partial charge in [-0.05, 0) is 48.7 Å². The van der Waals surface area contributed by atoms with E-state index in [0.29, 0.717) is 18.9 Å². The van der Waals surface area contributed by atoms with Crippen molar-refractivity contribution in [1.29, 1.82) is 0 Å². The standard InChI is InChI=1S/C23H20FNO5/c1-28-15-7-4-13(5-8-15)20-19-21(26)17-11-14(24)6-9-18(17)30-22(19)23(27)25(20)12-16-3-2-10-29-16/h4-9,11,16,20H,2-3,10,12H2,1H3/t16-,20-/m1/s1. The van der Waals surface area contributed by atoms with E-state index in [0.717, 1.165) is 24.5 Å². The Morgan fingerprint density at radius 1 is 1.17 bits per heavy atom. The second kappa shape index (κ2) is 7.25. The lowest BCUT2D eigenvalue weighted by atomic mass is 9.98. The highest BCUT2D eigenvalue weighted by atomic mass is 19.1. The van der Waals surface area contributed by atoms with Crippen LogP contribution in [0.1, 0.15) is 40.6 Å². The maximum Gasteiger partial charge on any atom is 0.291 e. The summed E-state index contributed by atoms with van der Waals surface area (Å²) < 4.78 is 30.6. The van der Waals surface area contributed by atoms with Crippen molar-refractivity contribution < 1.29 is 23.1 Å². The third kappa shape index (κ3) is 2.97. The summed E-state index contributed by atoms with van der Waals surface area (Å²) in [5.74, 6) is -0.208. The predicted molar refractivity (Wildman–Crippen MR) is 107 cm³/mol. The van der Waals surface area contributed by atoms with Gasteiger partial charge in [0.25, 0.3) is 5.91 Å². The van der Waals surface area contributed by atoms with Crippen LogP contribution in [0.5, 0.6) is 5.75 Å². The third-order valence-electron chi connectivity index (χ3n) is 5.78. The molecule has 30 heavy (non-hydrogen) atoms. The Bertz CT molecular complexity index is 1180. The molecule has 3 heterocycles. The molecular weight excluding hydrogens is 389 g/mol. The van der Waals surface area contributed by atoms with E-state index >= 15 is 0 Å². The van der Waals surface area contributed by atoms with Crippen LogP contribution in [0.25, 0.3) is 11.0 Å². The largest absolute Gasteiger partial charge is 0.497 e. The van der Waals surface area contributed by atoms with Crippen molar-refractivity contribution >= 4 is 16.9 Å². The van der Waals surface area contributed by atoms with Crippen LogP contribution in [0.3, 0.4) is 0 Å². The van der Waals surface area contributed by atoms with Gasteiger partial charge in [-0.25, -0.2) is 4.39 Å². The zero-order valence-electron chi connectivity index (χ0n) is 16.4. The maximum absolute atomic E-state index is 13.8. The molecule has 0 saturated carbocycles. The van der Waals surface area contributed by atoms with Gasteiger partial charge in [-0.15, -0.1) is 0 Å². The number of amides is 1. The molecular formula is C23H20FNO5. The smallest absolute Gasteiger partial charge is 0.291 e. The molecule has 3 aromatic rings. The number of methoxy groups -OCH3 is 1. The number of ether oxygens (including phenoxy) is 2. The van der Waals surface area contributed by atoms with Gasteiger partial charge in [-0.1, -0.05) is 12.1 Å². The average molecular weight is 409 g/mol. The Kier molecular flexibility index (Phi) is 4.55. The maximum atomic E-state index is 13.8. The summed E-state index contributed by atoms with van der Waals surface area (Å²) in [5.41, 5.74) is 0.793. The van der Waals surface area contributed by atoms with Crippen LogP contribution in [0.4, 0.5) is 4.39 Å². The van der Waals surface area contributed by atoms with E-state index < -0.39 is 17.3 Å². The van der Waals surface area contributed by atoms with Crippen molar-refractivity contribution in [2.24, 2.45) is 0 Å². The van der Waals surface area contributed by atoms with Crippen molar-refractivity contribution in [1.82, 2.24) is 4.90 Å². The van der Waals surface area contributed by atoms with Crippen molar-refractivity contribution in [2.45, 2.75) is 25.0 Å². The lowest BCUT2D eigenvalue weighted by Crippen LogP contribution is -2.36. The molecule has 2 atom stereocenters. The third-order valence-corrected chi connectivity index (χ3v) is 5.78. The van der Waals surface area contributed by atoms with Gasteiger partial charge in [0.1, 0.15) is 17.1 Å². The van der Waals surface area contributed by atoms with E-state index in [9.17, 15) is 14.0 Å². The van der Waals surface area contributed by atoms with Gasteiger partial charge in [0.2, 0.25) is 5.76 Å². The van der Waals surface area contributed by atoms with Crippen molar-refractivity contribution in [2.75, 3.05) is 20.3 Å². The Hall–Kier alpha value is -3.19. The van der Waals surface area contributed by atoms with Crippen LogP contribution in [0, 0.1) is 5.82 Å². The summed E-state index contributed by atoms with van der Waals surface area (Å²) in [6, 6.07) is 10.3. The van der Waals surface area contributed by atoms with E-state index in [1.54, 1.807) is 24.1 Å². The quantitative estimate of drug-likeness (QED) is 0.658. The number of nitrogens with zero attached hydrogens (tertiary/aromatic N) is 1. The molecule has 0 radical (unpaired) electrons. The molecule has 0 spiro atoms. The van der Waals surface area contributed by atoms with Gasteiger partial charge >= 0.3 is 0 Å². The molecule has 5 rings (SSSR count). The first-order valence-corrected chi connectivity index (χ1v) is 9.89. The molecule has 1 fully saturated rings. The SMILES string of the molecule is COc1ccc([C@@H]2c3c(oc4ccc(F)cc4c3=O)C(=O)N2C[C@H]2CCCO2)cc1.